The van der Waals surface area contributed by atoms with Gasteiger partial charge in [0.2, 0.25) is 0 Å². The van der Waals surface area contributed by atoms with Crippen LogP contribution in [0.3, 0.4) is 0 Å². The molecular formula is C26H39ClN4O5. The van der Waals surface area contributed by atoms with Gasteiger partial charge in [0.05, 0.1) is 36.1 Å². The minimum Gasteiger partial charge on any atom is -0.496 e. The van der Waals surface area contributed by atoms with Gasteiger partial charge in [0.15, 0.2) is 0 Å². The van der Waals surface area contributed by atoms with Gasteiger partial charge in [0, 0.05) is 51.3 Å². The molecule has 3 fully saturated rings. The average molecular weight is 523 g/mol. The smallest absolute Gasteiger partial charge is 0.306 e. The number of nitrogens with two attached hydrogens (primary N) is 1. The molecule has 3 heterocycles. The number of nitrogens with one attached hydrogen (secondary N) is 1. The maximum absolute atomic E-state index is 12.7. The van der Waals surface area contributed by atoms with Gasteiger partial charge in [-0.1, -0.05) is 11.6 Å². The van der Waals surface area contributed by atoms with E-state index in [4.69, 9.17) is 31.5 Å². The van der Waals surface area contributed by atoms with E-state index in [2.05, 4.69) is 15.1 Å². The largest absolute Gasteiger partial charge is 0.496 e. The number of halogens is 1. The van der Waals surface area contributed by atoms with E-state index in [9.17, 15) is 9.59 Å². The van der Waals surface area contributed by atoms with Crippen LogP contribution in [0.5, 0.6) is 5.75 Å². The minimum absolute atomic E-state index is 0.0576. The summed E-state index contributed by atoms with van der Waals surface area (Å²) >= 11 is 6.08. The van der Waals surface area contributed by atoms with Crippen molar-refractivity contribution in [3.8, 4) is 5.75 Å². The van der Waals surface area contributed by atoms with E-state index in [0.29, 0.717) is 41.6 Å². The van der Waals surface area contributed by atoms with Gasteiger partial charge in [-0.3, -0.25) is 19.4 Å². The third-order valence-corrected chi connectivity index (χ3v) is 7.77. The van der Waals surface area contributed by atoms with Crippen molar-refractivity contribution in [1.82, 2.24) is 15.1 Å². The predicted octanol–water partition coefficient (Wildman–Crippen LogP) is 2.70. The van der Waals surface area contributed by atoms with Crippen molar-refractivity contribution in [3.63, 3.8) is 0 Å². The lowest BCUT2D eigenvalue weighted by Gasteiger charge is -2.40. The number of unbranched alkanes of at least 4 members (excludes halogenated alkanes) is 1. The summed E-state index contributed by atoms with van der Waals surface area (Å²) in [5, 5.41) is 3.22. The van der Waals surface area contributed by atoms with Crippen LogP contribution in [0.2, 0.25) is 5.02 Å². The number of benzene rings is 1. The minimum atomic E-state index is -0.286. The number of esters is 1. The Morgan fingerprint density at radius 2 is 2.06 bits per heavy atom. The lowest BCUT2D eigenvalue weighted by Crippen LogP contribution is -2.49. The van der Waals surface area contributed by atoms with Crippen molar-refractivity contribution in [2.24, 2.45) is 0 Å². The fourth-order valence-electron chi connectivity index (χ4n) is 5.27. The molecule has 4 rings (SSSR count). The first-order valence-electron chi connectivity index (χ1n) is 13.1. The summed E-state index contributed by atoms with van der Waals surface area (Å²) in [6.07, 6.45) is 6.83. The van der Waals surface area contributed by atoms with Crippen LogP contribution in [0, 0.1) is 0 Å². The highest BCUT2D eigenvalue weighted by atomic mass is 35.5. The summed E-state index contributed by atoms with van der Waals surface area (Å²) in [5.74, 6) is 0.0222. The fraction of sp³-hybridized carbons (Fsp3) is 0.692. The second-order valence-corrected chi connectivity index (χ2v) is 10.4. The van der Waals surface area contributed by atoms with Gasteiger partial charge in [-0.05, 0) is 51.1 Å². The van der Waals surface area contributed by atoms with Gasteiger partial charge < -0.3 is 25.3 Å². The Hall–Kier alpha value is -2.07. The Kier molecular flexibility index (Phi) is 9.70. The zero-order valence-electron chi connectivity index (χ0n) is 21.2. The molecule has 9 nitrogen and oxygen atoms in total. The maximum atomic E-state index is 12.7. The molecule has 0 aliphatic carbocycles. The average Bonchev–Trinajstić information content (AvgIpc) is 2.99. The standard InChI is InChI=1S/C26H39ClN4O5/c1-34-24-14-23(28)22(27)13-21(24)26(33)29-15-20-16-30(11-12-35-20)9-3-2-7-25(32)36-19-6-4-5-18-8-10-31(18)17-19/h13-14,18-20H,2-12,15-17,28H2,1H3,(H,29,33)/t18?,19?,20-/m1/s1. The number of rotatable bonds is 10. The number of ether oxygens (including phenoxy) is 3. The molecule has 0 spiro atoms. The molecular weight excluding hydrogens is 484 g/mol. The fourth-order valence-corrected chi connectivity index (χ4v) is 5.43. The number of anilines is 1. The van der Waals surface area contributed by atoms with Gasteiger partial charge in [-0.15, -0.1) is 0 Å². The first-order chi connectivity index (χ1) is 17.4. The Morgan fingerprint density at radius 1 is 1.19 bits per heavy atom. The summed E-state index contributed by atoms with van der Waals surface area (Å²) in [5.41, 5.74) is 6.50. The van der Waals surface area contributed by atoms with Crippen LogP contribution >= 0.6 is 11.6 Å². The highest BCUT2D eigenvalue weighted by molar-refractivity contribution is 6.33. The number of fused-ring (bicyclic) bond motifs is 1. The number of carbonyl (C=O) groups excluding carboxylic acids is 2. The van der Waals surface area contributed by atoms with E-state index in [-0.39, 0.29) is 24.1 Å². The number of morpholine rings is 1. The quantitative estimate of drug-likeness (QED) is 0.274. The molecule has 1 aromatic rings. The van der Waals surface area contributed by atoms with Crippen LogP contribution in [0.15, 0.2) is 12.1 Å². The van der Waals surface area contributed by atoms with Gasteiger partial charge in [0.1, 0.15) is 11.9 Å². The zero-order chi connectivity index (χ0) is 25.5. The highest BCUT2D eigenvalue weighted by Crippen LogP contribution is 2.29. The van der Waals surface area contributed by atoms with E-state index in [1.807, 2.05) is 0 Å². The molecule has 1 aromatic carbocycles. The molecule has 1 amide bonds. The molecule has 3 saturated heterocycles. The Morgan fingerprint density at radius 3 is 2.83 bits per heavy atom. The van der Waals surface area contributed by atoms with Gasteiger partial charge in [-0.2, -0.15) is 0 Å². The molecule has 3 N–H and O–H groups in total. The van der Waals surface area contributed by atoms with Crippen LogP contribution in [0.1, 0.15) is 55.3 Å². The number of hydrogen-bond donors (Lipinski definition) is 2. The number of nitrogens with zero attached hydrogens (tertiary/aromatic N) is 2. The highest BCUT2D eigenvalue weighted by Gasteiger charge is 2.33. The number of methoxy groups -OCH3 is 1. The molecule has 0 saturated carbocycles. The number of carbonyl (C=O) groups is 2. The topological polar surface area (TPSA) is 106 Å². The Bertz CT molecular complexity index is 917. The molecule has 3 aliphatic rings. The molecule has 0 bridgehead atoms. The molecule has 0 radical (unpaired) electrons. The number of amides is 1. The number of hydrogen-bond acceptors (Lipinski definition) is 8. The van der Waals surface area contributed by atoms with Gasteiger partial charge in [0.25, 0.3) is 5.91 Å². The Labute approximate surface area is 218 Å². The van der Waals surface area contributed by atoms with Gasteiger partial charge in [-0.25, -0.2) is 0 Å². The zero-order valence-corrected chi connectivity index (χ0v) is 21.9. The van der Waals surface area contributed by atoms with Crippen molar-refractivity contribution >= 4 is 29.2 Å². The van der Waals surface area contributed by atoms with Crippen molar-refractivity contribution in [2.45, 2.75) is 63.2 Å². The van der Waals surface area contributed by atoms with Crippen LogP contribution in [0.4, 0.5) is 5.69 Å². The molecule has 10 heteroatoms. The van der Waals surface area contributed by atoms with E-state index in [1.165, 1.54) is 26.0 Å². The predicted molar refractivity (Wildman–Crippen MR) is 138 cm³/mol. The summed E-state index contributed by atoms with van der Waals surface area (Å²) in [6, 6.07) is 3.78. The SMILES string of the molecule is COc1cc(N)c(Cl)cc1C(=O)NC[C@@H]1CN(CCCCC(=O)OC2CCCC3CCN3C2)CCO1. The molecule has 3 aliphatic heterocycles. The molecule has 36 heavy (non-hydrogen) atoms. The molecule has 3 atom stereocenters. The van der Waals surface area contributed by atoms with E-state index in [0.717, 1.165) is 64.4 Å². The second-order valence-electron chi connectivity index (χ2n) is 10.0. The first kappa shape index (κ1) is 27.0. The third kappa shape index (κ3) is 7.25. The van der Waals surface area contributed by atoms with Crippen molar-refractivity contribution in [2.75, 3.05) is 58.7 Å². The second kappa shape index (κ2) is 12.9. The van der Waals surface area contributed by atoms with E-state index >= 15 is 0 Å². The maximum Gasteiger partial charge on any atom is 0.306 e. The van der Waals surface area contributed by atoms with Crippen LogP contribution in [-0.2, 0) is 14.3 Å². The number of nitrogen functional groups attached to an aromatic ring is 1. The Balaban J connectivity index is 1.13. The molecule has 200 valence electrons. The molecule has 2 unspecified atom stereocenters. The van der Waals surface area contributed by atoms with Crippen molar-refractivity contribution < 1.29 is 23.8 Å². The summed E-state index contributed by atoms with van der Waals surface area (Å²) < 4.78 is 16.9. The van der Waals surface area contributed by atoms with Crippen molar-refractivity contribution in [3.05, 3.63) is 22.7 Å². The summed E-state index contributed by atoms with van der Waals surface area (Å²) in [7, 11) is 1.49. The van der Waals surface area contributed by atoms with Crippen LogP contribution in [0.25, 0.3) is 0 Å². The van der Waals surface area contributed by atoms with Gasteiger partial charge >= 0.3 is 5.97 Å². The van der Waals surface area contributed by atoms with Crippen LogP contribution < -0.4 is 15.8 Å². The summed E-state index contributed by atoms with van der Waals surface area (Å²) in [6.45, 7) is 5.50. The van der Waals surface area contributed by atoms with E-state index < -0.39 is 0 Å². The lowest BCUT2D eigenvalue weighted by molar-refractivity contribution is -0.150. The van der Waals surface area contributed by atoms with Crippen molar-refractivity contribution in [1.29, 1.82) is 0 Å². The molecule has 0 aromatic heterocycles. The lowest BCUT2D eigenvalue weighted by atomic mass is 10.00. The monoisotopic (exact) mass is 522 g/mol. The third-order valence-electron chi connectivity index (χ3n) is 7.45. The van der Waals surface area contributed by atoms with E-state index in [1.54, 1.807) is 6.07 Å². The normalized spacial score (nSPS) is 24.8. The summed E-state index contributed by atoms with van der Waals surface area (Å²) in [4.78, 5) is 29.8. The first-order valence-corrected chi connectivity index (χ1v) is 13.5. The van der Waals surface area contributed by atoms with Crippen LogP contribution in [-0.4, -0.2) is 92.9 Å².